The predicted molar refractivity (Wildman–Crippen MR) is 92.7 cm³/mol. The lowest BCUT2D eigenvalue weighted by atomic mass is 10.1. The lowest BCUT2D eigenvalue weighted by Crippen LogP contribution is -2.31. The molecule has 2 heterocycles. The Hall–Kier alpha value is -2.13. The van der Waals surface area contributed by atoms with Crippen LogP contribution < -0.4 is 5.32 Å². The first-order chi connectivity index (χ1) is 11.2. The minimum atomic E-state index is -0.136. The van der Waals surface area contributed by atoms with Crippen molar-refractivity contribution in [3.8, 4) is 0 Å². The van der Waals surface area contributed by atoms with Gasteiger partial charge in [-0.15, -0.1) is 15.3 Å². The van der Waals surface area contributed by atoms with Gasteiger partial charge in [-0.1, -0.05) is 53.9 Å². The number of amidine groups is 1. The van der Waals surface area contributed by atoms with Gasteiger partial charge in [-0.25, -0.2) is 0 Å². The van der Waals surface area contributed by atoms with E-state index in [2.05, 4.69) is 25.7 Å². The molecule has 0 saturated heterocycles. The number of nitrogens with one attached hydrogen (secondary N) is 1. The molecular formula is C14H14N6OS2. The molecule has 3 rings (SSSR count). The van der Waals surface area contributed by atoms with Gasteiger partial charge in [0.05, 0.1) is 11.5 Å². The van der Waals surface area contributed by atoms with Crippen molar-refractivity contribution in [2.75, 3.05) is 11.5 Å². The van der Waals surface area contributed by atoms with Gasteiger partial charge in [0.15, 0.2) is 10.3 Å². The molecule has 118 valence electrons. The molecule has 1 N–H and O–H groups in total. The average Bonchev–Trinajstić information content (AvgIpc) is 3.00. The minimum absolute atomic E-state index is 0.136. The summed E-state index contributed by atoms with van der Waals surface area (Å²) in [6.07, 6.45) is 1.60. The maximum absolute atomic E-state index is 11.9. The first-order valence-corrected chi connectivity index (χ1v) is 8.79. The van der Waals surface area contributed by atoms with Gasteiger partial charge in [0.1, 0.15) is 6.33 Å². The largest absolute Gasteiger partial charge is 0.312 e. The maximum Gasteiger partial charge on any atom is 0.236 e. The highest BCUT2D eigenvalue weighted by molar-refractivity contribution is 8.14. The molecule has 0 unspecified atom stereocenters. The summed E-state index contributed by atoms with van der Waals surface area (Å²) in [5.41, 5.74) is 1.95. The number of hydrogen-bond acceptors (Lipinski definition) is 7. The molecule has 1 aliphatic heterocycles. The van der Waals surface area contributed by atoms with E-state index < -0.39 is 0 Å². The number of aryl methyl sites for hydroxylation is 1. The highest BCUT2D eigenvalue weighted by Gasteiger charge is 2.15. The Bertz CT molecular complexity index is 756. The number of thioether (sulfide) groups is 2. The maximum atomic E-state index is 11.9. The number of carbonyl (C=O) groups is 1. The molecule has 1 amide bonds. The molecule has 0 aliphatic carbocycles. The fraction of sp³-hybridized carbons (Fsp3) is 0.214. The molecule has 1 aliphatic rings. The molecule has 0 fully saturated rings. The number of nitrogens with zero attached hydrogens (tertiary/aromatic N) is 5. The topological polar surface area (TPSA) is 84.5 Å². The van der Waals surface area contributed by atoms with Crippen LogP contribution in [0.15, 0.2) is 52.0 Å². The lowest BCUT2D eigenvalue weighted by Gasteiger charge is -2.12. The van der Waals surface area contributed by atoms with Gasteiger partial charge in [-0.3, -0.25) is 4.79 Å². The zero-order valence-electron chi connectivity index (χ0n) is 12.3. The number of hydrogen-bond donors (Lipinski definition) is 1. The first-order valence-electron chi connectivity index (χ1n) is 6.82. The van der Waals surface area contributed by atoms with Crippen LogP contribution in [0, 0.1) is 0 Å². The van der Waals surface area contributed by atoms with Crippen molar-refractivity contribution in [1.29, 1.82) is 0 Å². The first kappa shape index (κ1) is 15.8. The van der Waals surface area contributed by atoms with Crippen LogP contribution >= 0.6 is 23.5 Å². The van der Waals surface area contributed by atoms with E-state index in [0.29, 0.717) is 16.1 Å². The summed E-state index contributed by atoms with van der Waals surface area (Å²) < 4.78 is 1.77. The highest BCUT2D eigenvalue weighted by atomic mass is 32.2. The Labute approximate surface area is 141 Å². The second-order valence-corrected chi connectivity index (χ2v) is 6.57. The molecule has 0 spiro atoms. The van der Waals surface area contributed by atoms with Gasteiger partial charge in [0, 0.05) is 12.8 Å². The SMILES string of the molecule is Cn1cnnc1SCC(=O)NC1=NN=C(c2ccccc2)CS1. The number of benzene rings is 1. The monoisotopic (exact) mass is 346 g/mol. The zero-order valence-corrected chi connectivity index (χ0v) is 14.0. The van der Waals surface area contributed by atoms with Crippen LogP contribution in [0.2, 0.25) is 0 Å². The van der Waals surface area contributed by atoms with E-state index in [1.807, 2.05) is 37.4 Å². The Kier molecular flexibility index (Phi) is 5.09. The van der Waals surface area contributed by atoms with E-state index in [1.54, 1.807) is 10.9 Å². The second kappa shape index (κ2) is 7.42. The zero-order chi connectivity index (χ0) is 16.1. The third kappa shape index (κ3) is 4.20. The number of amides is 1. The van der Waals surface area contributed by atoms with Gasteiger partial charge in [-0.05, 0) is 5.56 Å². The van der Waals surface area contributed by atoms with Crippen molar-refractivity contribution in [2.45, 2.75) is 5.16 Å². The molecule has 9 heteroatoms. The molecule has 7 nitrogen and oxygen atoms in total. The molecule has 0 atom stereocenters. The van der Waals surface area contributed by atoms with Crippen molar-refractivity contribution in [2.24, 2.45) is 17.3 Å². The summed E-state index contributed by atoms with van der Waals surface area (Å²) in [6, 6.07) is 9.89. The number of rotatable bonds is 4. The summed E-state index contributed by atoms with van der Waals surface area (Å²) in [4.78, 5) is 11.9. The lowest BCUT2D eigenvalue weighted by molar-refractivity contribution is -0.117. The Balaban J connectivity index is 1.54. The van der Waals surface area contributed by atoms with Gasteiger partial charge >= 0.3 is 0 Å². The third-order valence-electron chi connectivity index (χ3n) is 2.96. The van der Waals surface area contributed by atoms with Crippen LogP contribution in [-0.2, 0) is 11.8 Å². The van der Waals surface area contributed by atoms with Gasteiger partial charge < -0.3 is 9.88 Å². The quantitative estimate of drug-likeness (QED) is 0.849. The van der Waals surface area contributed by atoms with Crippen LogP contribution in [0.5, 0.6) is 0 Å². The highest BCUT2D eigenvalue weighted by Crippen LogP contribution is 2.16. The van der Waals surface area contributed by atoms with E-state index >= 15 is 0 Å². The fourth-order valence-corrected chi connectivity index (χ4v) is 3.29. The average molecular weight is 346 g/mol. The number of carbonyl (C=O) groups excluding carboxylic acids is 1. The molecule has 0 bridgehead atoms. The van der Waals surface area contributed by atoms with Crippen LogP contribution in [0.25, 0.3) is 0 Å². The van der Waals surface area contributed by atoms with Crippen molar-refractivity contribution in [3.63, 3.8) is 0 Å². The van der Waals surface area contributed by atoms with E-state index in [0.717, 1.165) is 11.3 Å². The van der Waals surface area contributed by atoms with Crippen molar-refractivity contribution in [3.05, 3.63) is 42.2 Å². The Morgan fingerprint density at radius 1 is 1.35 bits per heavy atom. The van der Waals surface area contributed by atoms with Gasteiger partial charge in [0.25, 0.3) is 0 Å². The summed E-state index contributed by atoms with van der Waals surface area (Å²) in [5.74, 6) is 0.795. The second-order valence-electron chi connectivity index (χ2n) is 4.67. The van der Waals surface area contributed by atoms with Gasteiger partial charge in [0.2, 0.25) is 5.91 Å². The summed E-state index contributed by atoms with van der Waals surface area (Å²) in [6.45, 7) is 0. The summed E-state index contributed by atoms with van der Waals surface area (Å²) in [5, 5.41) is 19.9. The Morgan fingerprint density at radius 3 is 2.83 bits per heavy atom. The molecular weight excluding hydrogens is 332 g/mol. The molecule has 0 saturated carbocycles. The van der Waals surface area contributed by atoms with Crippen LogP contribution in [0.4, 0.5) is 0 Å². The minimum Gasteiger partial charge on any atom is -0.312 e. The molecule has 1 aromatic heterocycles. The molecule has 2 aromatic rings. The summed E-state index contributed by atoms with van der Waals surface area (Å²) in [7, 11) is 1.83. The fourth-order valence-electron chi connectivity index (χ4n) is 1.82. The smallest absolute Gasteiger partial charge is 0.236 e. The molecule has 23 heavy (non-hydrogen) atoms. The predicted octanol–water partition coefficient (Wildman–Crippen LogP) is 1.53. The van der Waals surface area contributed by atoms with Crippen molar-refractivity contribution < 1.29 is 4.79 Å². The van der Waals surface area contributed by atoms with Crippen LogP contribution in [0.1, 0.15) is 5.56 Å². The number of aromatic nitrogens is 3. The standard InChI is InChI=1S/C14H14N6OS2/c1-20-9-15-19-14(20)23-8-12(21)16-13-18-17-11(7-22-13)10-5-3-2-4-6-10/h2-6,9H,7-8H2,1H3,(H,16,18,21). The molecule has 0 radical (unpaired) electrons. The van der Waals surface area contributed by atoms with E-state index in [4.69, 9.17) is 0 Å². The van der Waals surface area contributed by atoms with E-state index in [1.165, 1.54) is 23.5 Å². The van der Waals surface area contributed by atoms with Crippen molar-refractivity contribution in [1.82, 2.24) is 20.1 Å². The van der Waals surface area contributed by atoms with Crippen molar-refractivity contribution >= 4 is 40.3 Å². The summed E-state index contributed by atoms with van der Waals surface area (Å²) >= 11 is 2.79. The van der Waals surface area contributed by atoms with Crippen LogP contribution in [-0.4, -0.2) is 43.1 Å². The third-order valence-corrected chi connectivity index (χ3v) is 4.87. The Morgan fingerprint density at radius 2 is 2.17 bits per heavy atom. The molecule has 1 aromatic carbocycles. The normalized spacial score (nSPS) is 14.1. The van der Waals surface area contributed by atoms with Gasteiger partial charge in [-0.2, -0.15) is 5.10 Å². The van der Waals surface area contributed by atoms with E-state index in [9.17, 15) is 4.79 Å². The van der Waals surface area contributed by atoms with Crippen LogP contribution in [0.3, 0.4) is 0 Å². The van der Waals surface area contributed by atoms with E-state index in [-0.39, 0.29) is 11.7 Å².